The highest BCUT2D eigenvalue weighted by molar-refractivity contribution is 7.19. The SMILES string of the molecule is COc1cc(/C=C(\CCCC(=O)[O-])c2nc3ccccc3s2)cc(Cl)c1O. The van der Waals surface area contributed by atoms with Crippen molar-refractivity contribution < 1.29 is 19.7 Å². The van der Waals surface area contributed by atoms with Crippen molar-refractivity contribution in [2.45, 2.75) is 19.3 Å². The van der Waals surface area contributed by atoms with E-state index in [0.717, 1.165) is 26.4 Å². The molecule has 3 aromatic rings. The highest BCUT2D eigenvalue weighted by Gasteiger charge is 2.12. The predicted molar refractivity (Wildman–Crippen MR) is 106 cm³/mol. The van der Waals surface area contributed by atoms with Crippen LogP contribution >= 0.6 is 22.9 Å². The molecule has 0 aliphatic heterocycles. The number of benzene rings is 2. The number of thiazole rings is 1. The number of ether oxygens (including phenoxy) is 1. The van der Waals surface area contributed by atoms with Crippen molar-refractivity contribution in [3.8, 4) is 11.5 Å². The normalized spacial score (nSPS) is 11.7. The van der Waals surface area contributed by atoms with Gasteiger partial charge < -0.3 is 19.7 Å². The van der Waals surface area contributed by atoms with Crippen molar-refractivity contribution in [2.24, 2.45) is 0 Å². The molecule has 3 rings (SSSR count). The first-order valence-electron chi connectivity index (χ1n) is 8.31. The minimum absolute atomic E-state index is 0.0259. The lowest BCUT2D eigenvalue weighted by Crippen LogP contribution is -2.21. The lowest BCUT2D eigenvalue weighted by atomic mass is 10.0. The monoisotopic (exact) mass is 402 g/mol. The van der Waals surface area contributed by atoms with Crippen LogP contribution in [0.1, 0.15) is 29.8 Å². The van der Waals surface area contributed by atoms with Gasteiger partial charge in [0.2, 0.25) is 0 Å². The third kappa shape index (κ3) is 4.59. The second-order valence-electron chi connectivity index (χ2n) is 5.94. The Kier molecular flexibility index (Phi) is 5.98. The highest BCUT2D eigenvalue weighted by Crippen LogP contribution is 2.37. The average molecular weight is 403 g/mol. The van der Waals surface area contributed by atoms with Gasteiger partial charge in [-0.25, -0.2) is 4.98 Å². The Morgan fingerprint density at radius 3 is 2.81 bits per heavy atom. The third-order valence-electron chi connectivity index (χ3n) is 4.01. The molecular formula is C20H17ClNO4S-. The number of carboxylic acids is 1. The molecule has 1 heterocycles. The zero-order valence-electron chi connectivity index (χ0n) is 14.6. The number of methoxy groups -OCH3 is 1. The topological polar surface area (TPSA) is 82.5 Å². The summed E-state index contributed by atoms with van der Waals surface area (Å²) in [5, 5.41) is 21.7. The Bertz CT molecular complexity index is 979. The van der Waals surface area contributed by atoms with Gasteiger partial charge in [-0.1, -0.05) is 23.7 Å². The molecule has 0 aliphatic carbocycles. The number of hydrogen-bond acceptors (Lipinski definition) is 6. The third-order valence-corrected chi connectivity index (χ3v) is 5.41. The standard InChI is InChI=1S/C20H18ClNO4S/c1-26-16-11-12(10-14(21)19(16)25)9-13(5-4-8-18(23)24)20-22-15-6-2-3-7-17(15)27-20/h2-3,6-7,9-11,25H,4-5,8H2,1H3,(H,23,24)/p-1/b13-9+. The lowest BCUT2D eigenvalue weighted by molar-refractivity contribution is -0.305. The molecule has 1 aromatic heterocycles. The van der Waals surface area contributed by atoms with Gasteiger partial charge in [0.15, 0.2) is 11.5 Å². The van der Waals surface area contributed by atoms with Crippen LogP contribution in [-0.2, 0) is 4.79 Å². The van der Waals surface area contributed by atoms with Crippen LogP contribution in [0.25, 0.3) is 21.9 Å². The van der Waals surface area contributed by atoms with Gasteiger partial charge in [-0.3, -0.25) is 0 Å². The molecule has 0 atom stereocenters. The average Bonchev–Trinajstić information content (AvgIpc) is 3.07. The number of phenols is 1. The number of nitrogens with zero attached hydrogens (tertiary/aromatic N) is 1. The number of allylic oxidation sites excluding steroid dienone is 1. The molecule has 0 spiro atoms. The first-order chi connectivity index (χ1) is 13.0. The summed E-state index contributed by atoms with van der Waals surface area (Å²) in [6.07, 6.45) is 2.82. The number of hydrogen-bond donors (Lipinski definition) is 1. The molecule has 0 fully saturated rings. The van der Waals surface area contributed by atoms with Crippen LogP contribution in [0.15, 0.2) is 36.4 Å². The van der Waals surface area contributed by atoms with Crippen molar-refractivity contribution in [1.29, 1.82) is 0 Å². The minimum atomic E-state index is -1.08. The van der Waals surface area contributed by atoms with Gasteiger partial charge in [-0.05, 0) is 60.7 Å². The number of halogens is 1. The molecule has 0 bridgehead atoms. The fourth-order valence-corrected chi connectivity index (χ4v) is 3.94. The van der Waals surface area contributed by atoms with Crippen molar-refractivity contribution in [3.63, 3.8) is 0 Å². The lowest BCUT2D eigenvalue weighted by Gasteiger charge is -2.09. The van der Waals surface area contributed by atoms with Crippen LogP contribution < -0.4 is 9.84 Å². The number of rotatable bonds is 7. The predicted octanol–water partition coefficient (Wildman–Crippen LogP) is 4.12. The zero-order chi connectivity index (χ0) is 19.4. The van der Waals surface area contributed by atoms with Crippen LogP contribution in [0.3, 0.4) is 0 Å². The van der Waals surface area contributed by atoms with E-state index in [1.807, 2.05) is 30.3 Å². The maximum Gasteiger partial charge on any atom is 0.176 e. The molecule has 0 amide bonds. The first-order valence-corrected chi connectivity index (χ1v) is 9.50. The van der Waals surface area contributed by atoms with Crippen LogP contribution in [0.4, 0.5) is 0 Å². The van der Waals surface area contributed by atoms with Crippen molar-refractivity contribution in [1.82, 2.24) is 4.98 Å². The van der Waals surface area contributed by atoms with Crippen molar-refractivity contribution in [3.05, 3.63) is 52.0 Å². The summed E-state index contributed by atoms with van der Waals surface area (Å²) in [5.74, 6) is -0.921. The fraction of sp³-hybridized carbons (Fsp3) is 0.200. The van der Waals surface area contributed by atoms with Crippen molar-refractivity contribution in [2.75, 3.05) is 7.11 Å². The Morgan fingerprint density at radius 1 is 1.33 bits per heavy atom. The molecule has 1 N–H and O–H groups in total. The van der Waals surface area contributed by atoms with Crippen LogP contribution in [0.2, 0.25) is 5.02 Å². The molecule has 5 nitrogen and oxygen atoms in total. The van der Waals surface area contributed by atoms with Crippen LogP contribution in [0, 0.1) is 0 Å². The number of phenolic OH excluding ortho intramolecular Hbond substituents is 1. The summed E-state index contributed by atoms with van der Waals surface area (Å²) in [4.78, 5) is 15.4. The number of aromatic hydroxyl groups is 1. The van der Waals surface area contributed by atoms with E-state index in [-0.39, 0.29) is 22.9 Å². The Balaban J connectivity index is 2.02. The van der Waals surface area contributed by atoms with Gasteiger partial charge in [-0.15, -0.1) is 11.3 Å². The number of aliphatic carboxylic acids is 1. The van der Waals surface area contributed by atoms with Crippen molar-refractivity contribution >= 4 is 50.8 Å². The molecule has 0 saturated carbocycles. The molecule has 0 saturated heterocycles. The van der Waals surface area contributed by atoms with Gasteiger partial charge in [-0.2, -0.15) is 0 Å². The zero-order valence-corrected chi connectivity index (χ0v) is 16.1. The van der Waals surface area contributed by atoms with Gasteiger partial charge in [0, 0.05) is 5.97 Å². The smallest absolute Gasteiger partial charge is 0.176 e. The molecular weight excluding hydrogens is 386 g/mol. The van der Waals surface area contributed by atoms with Gasteiger partial charge in [0.05, 0.1) is 22.3 Å². The largest absolute Gasteiger partial charge is 0.550 e. The molecule has 2 aromatic carbocycles. The van der Waals surface area contributed by atoms with E-state index in [4.69, 9.17) is 16.3 Å². The number of carboxylic acid groups (broad SMARTS) is 1. The van der Waals surface area contributed by atoms with Gasteiger partial charge in [0.1, 0.15) is 5.01 Å². The summed E-state index contributed by atoms with van der Waals surface area (Å²) >= 11 is 7.62. The number of fused-ring (bicyclic) bond motifs is 1. The highest BCUT2D eigenvalue weighted by atomic mass is 35.5. The van der Waals surface area contributed by atoms with E-state index in [0.29, 0.717) is 12.8 Å². The Morgan fingerprint density at radius 2 is 2.11 bits per heavy atom. The molecule has 0 radical (unpaired) electrons. The quantitative estimate of drug-likeness (QED) is 0.642. The Labute approximate surface area is 165 Å². The minimum Gasteiger partial charge on any atom is -0.550 e. The molecule has 140 valence electrons. The van der Waals surface area contributed by atoms with Crippen LogP contribution in [-0.4, -0.2) is 23.2 Å². The summed E-state index contributed by atoms with van der Waals surface area (Å²) in [6, 6.07) is 11.1. The van der Waals surface area contributed by atoms with E-state index < -0.39 is 5.97 Å². The summed E-state index contributed by atoms with van der Waals surface area (Å²) < 4.78 is 6.21. The molecule has 0 unspecified atom stereocenters. The van der Waals surface area contributed by atoms with Crippen LogP contribution in [0.5, 0.6) is 11.5 Å². The summed E-state index contributed by atoms with van der Waals surface area (Å²) in [5.41, 5.74) is 2.52. The van der Waals surface area contributed by atoms with E-state index in [1.165, 1.54) is 7.11 Å². The first kappa shape index (κ1) is 19.2. The second kappa shape index (κ2) is 8.41. The number of para-hydroxylation sites is 1. The molecule has 7 heteroatoms. The fourth-order valence-electron chi connectivity index (χ4n) is 2.71. The number of carbonyl (C=O) groups excluding carboxylic acids is 1. The van der Waals surface area contributed by atoms with E-state index >= 15 is 0 Å². The van der Waals surface area contributed by atoms with E-state index in [9.17, 15) is 15.0 Å². The number of carbonyl (C=O) groups is 1. The maximum absolute atomic E-state index is 10.8. The Hall–Kier alpha value is -2.57. The van der Waals surface area contributed by atoms with Gasteiger partial charge in [0.25, 0.3) is 0 Å². The maximum atomic E-state index is 10.8. The summed E-state index contributed by atoms with van der Waals surface area (Å²) in [6.45, 7) is 0. The molecule has 0 aliphatic rings. The second-order valence-corrected chi connectivity index (χ2v) is 7.37. The number of aromatic nitrogens is 1. The summed E-state index contributed by atoms with van der Waals surface area (Å²) in [7, 11) is 1.45. The molecule has 27 heavy (non-hydrogen) atoms. The van der Waals surface area contributed by atoms with E-state index in [1.54, 1.807) is 23.5 Å². The van der Waals surface area contributed by atoms with Gasteiger partial charge >= 0.3 is 0 Å². The van der Waals surface area contributed by atoms with E-state index in [2.05, 4.69) is 4.98 Å².